The molecule has 0 aliphatic rings. The second-order valence-corrected chi connectivity index (χ2v) is 4.04. The molecule has 16 heavy (non-hydrogen) atoms. The highest BCUT2D eigenvalue weighted by Crippen LogP contribution is 2.11. The van der Waals surface area contributed by atoms with Crippen LogP contribution in [-0.4, -0.2) is 25.5 Å². The lowest BCUT2D eigenvalue weighted by Crippen LogP contribution is -2.31. The zero-order valence-corrected chi connectivity index (χ0v) is 11.5. The highest BCUT2D eigenvalue weighted by molar-refractivity contribution is 9.10. The molecule has 0 bridgehead atoms. The van der Waals surface area contributed by atoms with E-state index in [-0.39, 0.29) is 18.3 Å². The second-order valence-electron chi connectivity index (χ2n) is 3.12. The van der Waals surface area contributed by atoms with Gasteiger partial charge in [0.1, 0.15) is 0 Å². The summed E-state index contributed by atoms with van der Waals surface area (Å²) in [6.07, 6.45) is 0. The fourth-order valence-corrected chi connectivity index (χ4v) is 1.57. The number of rotatable bonds is 5. The van der Waals surface area contributed by atoms with Gasteiger partial charge in [-0.15, -0.1) is 12.4 Å². The Hall–Kier alpha value is -0.580. The summed E-state index contributed by atoms with van der Waals surface area (Å²) < 4.78 is 0.918. The number of likely N-dealkylation sites (N-methyl/N-ethyl adjacent to an activating group) is 1. The fourth-order valence-electron chi connectivity index (χ4n) is 1.17. The van der Waals surface area contributed by atoms with Crippen molar-refractivity contribution >= 4 is 34.2 Å². The highest BCUT2D eigenvalue weighted by Gasteiger charge is 2.03. The molecule has 5 heteroatoms. The van der Waals surface area contributed by atoms with Crippen LogP contribution in [0.4, 0.5) is 0 Å². The van der Waals surface area contributed by atoms with E-state index < -0.39 is 0 Å². The van der Waals surface area contributed by atoms with Gasteiger partial charge in [-0.1, -0.05) is 28.9 Å². The van der Waals surface area contributed by atoms with Gasteiger partial charge in [0.15, 0.2) is 0 Å². The van der Waals surface area contributed by atoms with Gasteiger partial charge in [-0.2, -0.15) is 0 Å². The maximum Gasteiger partial charge on any atom is 0.251 e. The first-order valence-electron chi connectivity index (χ1n) is 4.98. The molecule has 0 atom stereocenters. The molecule has 0 saturated heterocycles. The minimum Gasteiger partial charge on any atom is -0.351 e. The van der Waals surface area contributed by atoms with Crippen molar-refractivity contribution in [1.82, 2.24) is 10.6 Å². The molecule has 0 saturated carbocycles. The van der Waals surface area contributed by atoms with Crippen LogP contribution >= 0.6 is 28.3 Å². The predicted molar refractivity (Wildman–Crippen MR) is 72.3 cm³/mol. The fraction of sp³-hybridized carbons (Fsp3) is 0.364. The number of nitrogens with one attached hydrogen (secondary N) is 2. The molecule has 0 unspecified atom stereocenters. The Kier molecular flexibility index (Phi) is 8.25. The number of benzene rings is 1. The number of carbonyl (C=O) groups excluding carboxylic acids is 1. The summed E-state index contributed by atoms with van der Waals surface area (Å²) in [6, 6.07) is 7.36. The van der Waals surface area contributed by atoms with Crippen LogP contribution in [0.1, 0.15) is 17.3 Å². The van der Waals surface area contributed by atoms with Crippen molar-refractivity contribution in [3.63, 3.8) is 0 Å². The van der Waals surface area contributed by atoms with E-state index in [1.165, 1.54) is 0 Å². The molecule has 1 rings (SSSR count). The topological polar surface area (TPSA) is 41.1 Å². The minimum absolute atomic E-state index is 0. The molecule has 0 heterocycles. The largest absolute Gasteiger partial charge is 0.351 e. The van der Waals surface area contributed by atoms with Crippen LogP contribution in [-0.2, 0) is 0 Å². The number of hydrogen-bond donors (Lipinski definition) is 2. The molecule has 1 aromatic carbocycles. The van der Waals surface area contributed by atoms with Crippen molar-refractivity contribution in [2.75, 3.05) is 19.6 Å². The number of hydrogen-bond acceptors (Lipinski definition) is 2. The van der Waals surface area contributed by atoms with Crippen LogP contribution in [0, 0.1) is 0 Å². The molecule has 0 aliphatic heterocycles. The average Bonchev–Trinajstić information content (AvgIpc) is 2.24. The summed E-state index contributed by atoms with van der Waals surface area (Å²) in [5, 5.41) is 5.98. The third kappa shape index (κ3) is 5.49. The molecule has 0 spiro atoms. The van der Waals surface area contributed by atoms with E-state index in [4.69, 9.17) is 0 Å². The molecule has 3 nitrogen and oxygen atoms in total. The Bertz CT molecular complexity index is 334. The molecule has 1 amide bonds. The van der Waals surface area contributed by atoms with Crippen LogP contribution in [0.3, 0.4) is 0 Å². The van der Waals surface area contributed by atoms with Crippen LogP contribution < -0.4 is 10.6 Å². The molecular formula is C11H16BrClN2O. The van der Waals surface area contributed by atoms with Crippen molar-refractivity contribution in [2.24, 2.45) is 0 Å². The summed E-state index contributed by atoms with van der Waals surface area (Å²) in [7, 11) is 0. The smallest absolute Gasteiger partial charge is 0.251 e. The molecular weight excluding hydrogens is 291 g/mol. The van der Waals surface area contributed by atoms with Gasteiger partial charge in [-0.25, -0.2) is 0 Å². The van der Waals surface area contributed by atoms with Crippen molar-refractivity contribution in [2.45, 2.75) is 6.92 Å². The third-order valence-corrected chi connectivity index (χ3v) is 2.42. The Morgan fingerprint density at radius 3 is 2.75 bits per heavy atom. The number of halogens is 2. The number of carbonyl (C=O) groups is 1. The number of amides is 1. The van der Waals surface area contributed by atoms with Gasteiger partial charge < -0.3 is 10.6 Å². The van der Waals surface area contributed by atoms with E-state index in [0.29, 0.717) is 12.1 Å². The molecule has 0 fully saturated rings. The van der Waals surface area contributed by atoms with Gasteiger partial charge >= 0.3 is 0 Å². The Morgan fingerprint density at radius 2 is 2.12 bits per heavy atom. The van der Waals surface area contributed by atoms with E-state index in [1.54, 1.807) is 6.07 Å². The molecule has 0 radical (unpaired) electrons. The summed E-state index contributed by atoms with van der Waals surface area (Å²) in [5.74, 6) is -0.0331. The lowest BCUT2D eigenvalue weighted by atomic mass is 10.2. The second kappa shape index (κ2) is 8.56. The normalized spacial score (nSPS) is 9.38. The summed E-state index contributed by atoms with van der Waals surface area (Å²) in [6.45, 7) is 4.41. The van der Waals surface area contributed by atoms with Crippen LogP contribution in [0.5, 0.6) is 0 Å². The Balaban J connectivity index is 0.00000225. The van der Waals surface area contributed by atoms with Crippen LogP contribution in [0.2, 0.25) is 0 Å². The zero-order chi connectivity index (χ0) is 11.1. The van der Waals surface area contributed by atoms with E-state index in [0.717, 1.165) is 17.6 Å². The average molecular weight is 308 g/mol. The first kappa shape index (κ1) is 15.4. The standard InChI is InChI=1S/C11H15BrN2O.ClH/c1-2-13-6-7-14-11(15)9-4-3-5-10(12)8-9;/h3-5,8,13H,2,6-7H2,1H3,(H,14,15);1H. The lowest BCUT2D eigenvalue weighted by molar-refractivity contribution is 0.0954. The first-order valence-corrected chi connectivity index (χ1v) is 5.78. The van der Waals surface area contributed by atoms with Crippen LogP contribution in [0.25, 0.3) is 0 Å². The van der Waals surface area contributed by atoms with Crippen molar-refractivity contribution in [3.8, 4) is 0 Å². The maximum atomic E-state index is 11.6. The van der Waals surface area contributed by atoms with Gasteiger partial charge in [-0.3, -0.25) is 4.79 Å². The molecule has 1 aromatic rings. The Labute approximate surface area is 111 Å². The first-order chi connectivity index (χ1) is 7.24. The molecule has 2 N–H and O–H groups in total. The van der Waals surface area contributed by atoms with Crippen molar-refractivity contribution in [3.05, 3.63) is 34.3 Å². The van der Waals surface area contributed by atoms with Crippen molar-refractivity contribution in [1.29, 1.82) is 0 Å². The highest BCUT2D eigenvalue weighted by atomic mass is 79.9. The SMILES string of the molecule is CCNCCNC(=O)c1cccc(Br)c1.Cl. The van der Waals surface area contributed by atoms with Gasteiger partial charge in [-0.05, 0) is 24.7 Å². The van der Waals surface area contributed by atoms with E-state index in [2.05, 4.69) is 26.6 Å². The monoisotopic (exact) mass is 306 g/mol. The van der Waals surface area contributed by atoms with Crippen LogP contribution in [0.15, 0.2) is 28.7 Å². The molecule has 0 aliphatic carbocycles. The summed E-state index contributed by atoms with van der Waals surface area (Å²) in [4.78, 5) is 11.6. The molecule has 0 aromatic heterocycles. The molecule has 90 valence electrons. The van der Waals surface area contributed by atoms with Crippen molar-refractivity contribution < 1.29 is 4.79 Å². The predicted octanol–water partition coefficient (Wildman–Crippen LogP) is 2.21. The quantitative estimate of drug-likeness (QED) is 0.819. The van der Waals surface area contributed by atoms with Gasteiger partial charge in [0.2, 0.25) is 0 Å². The minimum atomic E-state index is -0.0331. The van der Waals surface area contributed by atoms with E-state index in [1.807, 2.05) is 25.1 Å². The van der Waals surface area contributed by atoms with Gasteiger partial charge in [0, 0.05) is 23.1 Å². The third-order valence-electron chi connectivity index (χ3n) is 1.92. The van der Waals surface area contributed by atoms with Gasteiger partial charge in [0.05, 0.1) is 0 Å². The maximum absolute atomic E-state index is 11.6. The zero-order valence-electron chi connectivity index (χ0n) is 9.13. The van der Waals surface area contributed by atoms with E-state index >= 15 is 0 Å². The summed E-state index contributed by atoms with van der Waals surface area (Å²) >= 11 is 3.33. The van der Waals surface area contributed by atoms with Gasteiger partial charge in [0.25, 0.3) is 5.91 Å². The summed E-state index contributed by atoms with van der Waals surface area (Å²) in [5.41, 5.74) is 0.681. The van der Waals surface area contributed by atoms with E-state index in [9.17, 15) is 4.79 Å². The lowest BCUT2D eigenvalue weighted by Gasteiger charge is -2.05. The Morgan fingerprint density at radius 1 is 1.38 bits per heavy atom.